The molecule has 1 heteroatoms. The zero-order valence-electron chi connectivity index (χ0n) is 13.0. The normalized spacial score (nSPS) is 23.7. The van der Waals surface area contributed by atoms with Gasteiger partial charge in [0.05, 0.1) is 5.54 Å². The van der Waals surface area contributed by atoms with E-state index >= 15 is 0 Å². The Hall–Kier alpha value is -1.86. The van der Waals surface area contributed by atoms with Crippen molar-refractivity contribution in [2.24, 2.45) is 0 Å². The van der Waals surface area contributed by atoms with Gasteiger partial charge in [-0.1, -0.05) is 24.3 Å². The van der Waals surface area contributed by atoms with E-state index in [1.807, 2.05) is 0 Å². The van der Waals surface area contributed by atoms with Crippen LogP contribution in [0.15, 0.2) is 42.5 Å². The van der Waals surface area contributed by atoms with Crippen LogP contribution in [0.2, 0.25) is 0 Å². The molecule has 5 rings (SSSR count). The summed E-state index contributed by atoms with van der Waals surface area (Å²) in [7, 11) is 0. The van der Waals surface area contributed by atoms with Crippen molar-refractivity contribution in [3.63, 3.8) is 0 Å². The van der Waals surface area contributed by atoms with Gasteiger partial charge in [-0.2, -0.15) is 0 Å². The second-order valence-corrected chi connectivity index (χ2v) is 7.09. The van der Waals surface area contributed by atoms with Gasteiger partial charge in [-0.15, -0.1) is 0 Å². The maximum atomic E-state index is 4.99. The third kappa shape index (κ3) is 1.75. The van der Waals surface area contributed by atoms with Crippen molar-refractivity contribution >= 4 is 21.5 Å². The number of benzene rings is 3. The third-order valence-electron chi connectivity index (χ3n) is 5.57. The van der Waals surface area contributed by atoms with Crippen molar-refractivity contribution in [2.45, 2.75) is 38.1 Å². The van der Waals surface area contributed by atoms with E-state index in [2.05, 4.69) is 49.4 Å². The molecule has 109 valence electrons. The molecule has 1 radical (unpaired) electrons. The third-order valence-corrected chi connectivity index (χ3v) is 5.57. The van der Waals surface area contributed by atoms with Gasteiger partial charge in [0.1, 0.15) is 0 Å². The predicted molar refractivity (Wildman–Crippen MR) is 92.5 cm³/mol. The molecular weight excluding hydrogens is 266 g/mol. The summed E-state index contributed by atoms with van der Waals surface area (Å²) in [4.78, 5) is 0. The van der Waals surface area contributed by atoms with Crippen molar-refractivity contribution in [3.8, 4) is 0 Å². The molecule has 0 N–H and O–H groups in total. The average molecular weight is 286 g/mol. The van der Waals surface area contributed by atoms with Crippen molar-refractivity contribution < 1.29 is 0 Å². The van der Waals surface area contributed by atoms with Crippen LogP contribution in [0, 0.1) is 0 Å². The molecule has 1 fully saturated rings. The molecule has 3 aromatic rings. The van der Waals surface area contributed by atoms with Crippen LogP contribution in [-0.4, -0.2) is 6.54 Å². The largest absolute Gasteiger partial charge is 0.231 e. The highest BCUT2D eigenvalue weighted by atomic mass is 15.0. The van der Waals surface area contributed by atoms with Gasteiger partial charge in [-0.25, -0.2) is 5.32 Å². The number of rotatable bonds is 1. The van der Waals surface area contributed by atoms with Crippen LogP contribution in [-0.2, 0) is 12.0 Å². The molecule has 0 aromatic heterocycles. The van der Waals surface area contributed by atoms with E-state index in [1.54, 1.807) is 11.1 Å². The minimum atomic E-state index is 0.0542. The van der Waals surface area contributed by atoms with Gasteiger partial charge < -0.3 is 0 Å². The lowest BCUT2D eigenvalue weighted by Gasteiger charge is -2.34. The quantitative estimate of drug-likeness (QED) is 0.442. The average Bonchev–Trinajstić information content (AvgIpc) is 3.34. The van der Waals surface area contributed by atoms with Gasteiger partial charge in [0, 0.05) is 6.54 Å². The van der Waals surface area contributed by atoms with E-state index in [9.17, 15) is 0 Å². The van der Waals surface area contributed by atoms with Gasteiger partial charge in [0.2, 0.25) is 0 Å². The zero-order valence-corrected chi connectivity index (χ0v) is 13.0. The number of piperidine rings is 1. The van der Waals surface area contributed by atoms with Gasteiger partial charge in [-0.3, -0.25) is 0 Å². The molecule has 0 bridgehead atoms. The van der Waals surface area contributed by atoms with E-state index in [0.29, 0.717) is 0 Å². The maximum absolute atomic E-state index is 4.99. The molecule has 0 saturated carbocycles. The molecule has 1 aliphatic heterocycles. The summed E-state index contributed by atoms with van der Waals surface area (Å²) in [5.74, 6) is 0. The minimum Gasteiger partial charge on any atom is -0.231 e. The van der Waals surface area contributed by atoms with Crippen molar-refractivity contribution in [3.05, 3.63) is 59.2 Å². The summed E-state index contributed by atoms with van der Waals surface area (Å²) in [5.41, 5.74) is 4.71. The van der Waals surface area contributed by atoms with E-state index in [-0.39, 0.29) is 5.54 Å². The standard InChI is InChI=1S/C21H20N/c1-21(8-4-5-9-22-21)20-12-16-10-14-6-2-3-7-15(14)11-17(16)18-13-19(18)20/h2-3,6-7,10-12H,4-5,8-9,13H2,1H3. The Labute approximate surface area is 131 Å². The summed E-state index contributed by atoms with van der Waals surface area (Å²) in [6.07, 6.45) is 4.95. The van der Waals surface area contributed by atoms with Crippen molar-refractivity contribution in [1.82, 2.24) is 5.32 Å². The molecule has 1 saturated heterocycles. The molecule has 1 heterocycles. The molecule has 1 aliphatic carbocycles. The highest BCUT2D eigenvalue weighted by molar-refractivity contribution is 6.02. The summed E-state index contributed by atoms with van der Waals surface area (Å²) in [5, 5.41) is 10.5. The number of nitrogens with zero attached hydrogens (tertiary/aromatic N) is 1. The maximum Gasteiger partial charge on any atom is 0.0580 e. The topological polar surface area (TPSA) is 14.1 Å². The van der Waals surface area contributed by atoms with Crippen LogP contribution in [0.4, 0.5) is 0 Å². The molecule has 1 atom stereocenters. The minimum absolute atomic E-state index is 0.0542. The SMILES string of the molecule is CC1(c2cc3cc4ccccc4cc3c3c2C3)CCCC[N]1. The first kappa shape index (κ1) is 12.7. The van der Waals surface area contributed by atoms with Gasteiger partial charge in [-0.05, 0) is 89.0 Å². The molecule has 2 aliphatic rings. The van der Waals surface area contributed by atoms with Gasteiger partial charge >= 0.3 is 0 Å². The Kier molecular flexibility index (Phi) is 2.49. The number of hydrogen-bond acceptors (Lipinski definition) is 0. The molecular formula is C21H20N. The highest BCUT2D eigenvalue weighted by Crippen LogP contribution is 2.46. The highest BCUT2D eigenvalue weighted by Gasteiger charge is 2.37. The lowest BCUT2D eigenvalue weighted by Crippen LogP contribution is -2.37. The number of fused-ring (bicyclic) bond motifs is 4. The van der Waals surface area contributed by atoms with Crippen LogP contribution < -0.4 is 5.32 Å². The smallest absolute Gasteiger partial charge is 0.0580 e. The zero-order chi connectivity index (χ0) is 14.7. The van der Waals surface area contributed by atoms with E-state index in [0.717, 1.165) is 6.54 Å². The van der Waals surface area contributed by atoms with E-state index in [4.69, 9.17) is 5.32 Å². The first-order valence-electron chi connectivity index (χ1n) is 8.41. The predicted octanol–water partition coefficient (Wildman–Crippen LogP) is 4.90. The van der Waals surface area contributed by atoms with Crippen LogP contribution >= 0.6 is 0 Å². The monoisotopic (exact) mass is 286 g/mol. The Morgan fingerprint density at radius 2 is 1.73 bits per heavy atom. The molecule has 22 heavy (non-hydrogen) atoms. The molecule has 3 aromatic carbocycles. The molecule has 1 nitrogen and oxygen atoms in total. The summed E-state index contributed by atoms with van der Waals surface area (Å²) in [6.45, 7) is 3.37. The van der Waals surface area contributed by atoms with Crippen LogP contribution in [0.1, 0.15) is 42.9 Å². The summed E-state index contributed by atoms with van der Waals surface area (Å²) >= 11 is 0. The van der Waals surface area contributed by atoms with Crippen molar-refractivity contribution in [1.29, 1.82) is 0 Å². The molecule has 1 unspecified atom stereocenters. The lowest BCUT2D eigenvalue weighted by molar-refractivity contribution is 0.275. The van der Waals surface area contributed by atoms with Gasteiger partial charge in [0.15, 0.2) is 0 Å². The summed E-state index contributed by atoms with van der Waals surface area (Å²) in [6, 6.07) is 15.9. The van der Waals surface area contributed by atoms with Crippen LogP contribution in [0.5, 0.6) is 0 Å². The fourth-order valence-electron chi connectivity index (χ4n) is 4.22. The van der Waals surface area contributed by atoms with Crippen molar-refractivity contribution in [2.75, 3.05) is 6.54 Å². The Morgan fingerprint density at radius 1 is 0.909 bits per heavy atom. The fourth-order valence-corrected chi connectivity index (χ4v) is 4.22. The van der Waals surface area contributed by atoms with Crippen LogP contribution in [0.3, 0.4) is 0 Å². The van der Waals surface area contributed by atoms with Crippen LogP contribution in [0.25, 0.3) is 21.5 Å². The summed E-state index contributed by atoms with van der Waals surface area (Å²) < 4.78 is 0. The fraction of sp³-hybridized carbons (Fsp3) is 0.333. The molecule has 0 amide bonds. The Bertz CT molecular complexity index is 901. The lowest BCUT2D eigenvalue weighted by atomic mass is 9.83. The molecule has 0 spiro atoms. The first-order valence-corrected chi connectivity index (χ1v) is 8.41. The number of hydrogen-bond donors (Lipinski definition) is 0. The second kappa shape index (κ2) is 4.33. The second-order valence-electron chi connectivity index (χ2n) is 7.09. The first-order chi connectivity index (χ1) is 10.7. The van der Waals surface area contributed by atoms with Gasteiger partial charge in [0.25, 0.3) is 0 Å². The van der Waals surface area contributed by atoms with E-state index in [1.165, 1.54) is 52.8 Å². The Balaban J connectivity index is 1.75. The Morgan fingerprint density at radius 3 is 2.50 bits per heavy atom. The van der Waals surface area contributed by atoms with E-state index < -0.39 is 0 Å².